The highest BCUT2D eigenvalue weighted by molar-refractivity contribution is 6.32. The van der Waals surface area contributed by atoms with E-state index in [1.807, 2.05) is 26.8 Å². The van der Waals surface area contributed by atoms with Gasteiger partial charge in [0, 0.05) is 10.6 Å². The van der Waals surface area contributed by atoms with Crippen LogP contribution in [0.5, 0.6) is 5.75 Å². The van der Waals surface area contributed by atoms with Crippen LogP contribution in [0.15, 0.2) is 6.07 Å². The maximum absolute atomic E-state index is 10.8. The van der Waals surface area contributed by atoms with Crippen LogP contribution in [-0.2, 0) is 11.2 Å². The number of ether oxygens (including phenoxy) is 1. The van der Waals surface area contributed by atoms with Crippen LogP contribution in [0.25, 0.3) is 0 Å². The molecular formula is C13H17ClO3. The first-order valence-electron chi connectivity index (χ1n) is 5.60. The third kappa shape index (κ3) is 3.37. The first-order valence-corrected chi connectivity index (χ1v) is 5.98. The molecule has 1 aromatic carbocycles. The molecule has 0 bridgehead atoms. The van der Waals surface area contributed by atoms with Crippen molar-refractivity contribution in [3.05, 3.63) is 27.8 Å². The lowest BCUT2D eigenvalue weighted by atomic mass is 10.0. The van der Waals surface area contributed by atoms with Crippen LogP contribution in [0.4, 0.5) is 0 Å². The molecule has 4 heteroatoms. The summed E-state index contributed by atoms with van der Waals surface area (Å²) >= 11 is 6.12. The standard InChI is InChI=1S/C13H17ClO3/c1-4-5-17-11-6-8(2)13(14)9(3)10(11)7-12(15)16/h6H,4-5,7H2,1-3H3,(H,15,16). The van der Waals surface area contributed by atoms with Crippen LogP contribution in [-0.4, -0.2) is 17.7 Å². The smallest absolute Gasteiger partial charge is 0.307 e. The van der Waals surface area contributed by atoms with Gasteiger partial charge in [-0.15, -0.1) is 0 Å². The number of hydrogen-bond donors (Lipinski definition) is 1. The number of carbonyl (C=O) groups is 1. The lowest BCUT2D eigenvalue weighted by Crippen LogP contribution is -2.07. The van der Waals surface area contributed by atoms with Gasteiger partial charge in [-0.05, 0) is 37.5 Å². The zero-order valence-corrected chi connectivity index (χ0v) is 11.1. The van der Waals surface area contributed by atoms with Crippen molar-refractivity contribution in [2.45, 2.75) is 33.6 Å². The number of aliphatic carboxylic acids is 1. The molecule has 0 amide bonds. The second kappa shape index (κ2) is 5.92. The SMILES string of the molecule is CCCOc1cc(C)c(Cl)c(C)c1CC(=O)O. The molecule has 94 valence electrons. The molecular weight excluding hydrogens is 240 g/mol. The number of halogens is 1. The highest BCUT2D eigenvalue weighted by Gasteiger charge is 2.15. The number of carboxylic acid groups (broad SMARTS) is 1. The Morgan fingerprint density at radius 1 is 1.47 bits per heavy atom. The number of carboxylic acids is 1. The minimum absolute atomic E-state index is 0.0646. The first-order chi connectivity index (χ1) is 7.97. The average molecular weight is 257 g/mol. The fourth-order valence-corrected chi connectivity index (χ4v) is 1.84. The molecule has 1 aromatic rings. The van der Waals surface area contributed by atoms with E-state index in [1.54, 1.807) is 0 Å². The van der Waals surface area contributed by atoms with Crippen LogP contribution in [0.1, 0.15) is 30.0 Å². The van der Waals surface area contributed by atoms with E-state index in [0.29, 0.717) is 22.9 Å². The summed E-state index contributed by atoms with van der Waals surface area (Å²) in [5, 5.41) is 9.52. The van der Waals surface area contributed by atoms with Gasteiger partial charge in [0.15, 0.2) is 0 Å². The van der Waals surface area contributed by atoms with Crippen molar-refractivity contribution in [2.75, 3.05) is 6.61 Å². The fourth-order valence-electron chi connectivity index (χ4n) is 1.67. The van der Waals surface area contributed by atoms with Gasteiger partial charge in [0.1, 0.15) is 5.75 Å². The molecule has 0 atom stereocenters. The maximum atomic E-state index is 10.8. The highest BCUT2D eigenvalue weighted by Crippen LogP contribution is 2.32. The second-order valence-corrected chi connectivity index (χ2v) is 4.41. The largest absolute Gasteiger partial charge is 0.493 e. The summed E-state index contributed by atoms with van der Waals surface area (Å²) < 4.78 is 5.58. The van der Waals surface area contributed by atoms with Crippen LogP contribution in [0, 0.1) is 13.8 Å². The average Bonchev–Trinajstić information content (AvgIpc) is 2.27. The Labute approximate surface area is 106 Å². The molecule has 1 rings (SSSR count). The summed E-state index contributed by atoms with van der Waals surface area (Å²) in [5.74, 6) is -0.247. The summed E-state index contributed by atoms with van der Waals surface area (Å²) in [6.07, 6.45) is 0.818. The molecule has 0 aliphatic rings. The Bertz CT molecular complexity index is 427. The minimum atomic E-state index is -0.880. The Morgan fingerprint density at radius 3 is 2.65 bits per heavy atom. The molecule has 0 aliphatic carbocycles. The zero-order valence-electron chi connectivity index (χ0n) is 10.3. The molecule has 0 saturated carbocycles. The topological polar surface area (TPSA) is 46.5 Å². The van der Waals surface area contributed by atoms with Crippen molar-refractivity contribution in [1.82, 2.24) is 0 Å². The van der Waals surface area contributed by atoms with Gasteiger partial charge >= 0.3 is 5.97 Å². The van der Waals surface area contributed by atoms with Crippen molar-refractivity contribution in [2.24, 2.45) is 0 Å². The fraction of sp³-hybridized carbons (Fsp3) is 0.462. The van der Waals surface area contributed by atoms with Gasteiger partial charge in [-0.25, -0.2) is 0 Å². The molecule has 0 aromatic heterocycles. The van der Waals surface area contributed by atoms with Gasteiger partial charge < -0.3 is 9.84 Å². The molecule has 0 heterocycles. The van der Waals surface area contributed by atoms with Gasteiger partial charge in [0.2, 0.25) is 0 Å². The molecule has 17 heavy (non-hydrogen) atoms. The van der Waals surface area contributed by atoms with Crippen LogP contribution >= 0.6 is 11.6 Å². The zero-order chi connectivity index (χ0) is 13.0. The Hall–Kier alpha value is -1.22. The van der Waals surface area contributed by atoms with Gasteiger partial charge in [0.05, 0.1) is 13.0 Å². The van der Waals surface area contributed by atoms with Crippen LogP contribution < -0.4 is 4.74 Å². The van der Waals surface area contributed by atoms with Crippen molar-refractivity contribution in [3.8, 4) is 5.75 Å². The van der Waals surface area contributed by atoms with Crippen molar-refractivity contribution in [1.29, 1.82) is 0 Å². The quantitative estimate of drug-likeness (QED) is 0.879. The molecule has 0 unspecified atom stereocenters. The van der Waals surface area contributed by atoms with Gasteiger partial charge in [0.25, 0.3) is 0 Å². The third-order valence-corrected chi connectivity index (χ3v) is 3.14. The maximum Gasteiger partial charge on any atom is 0.307 e. The molecule has 0 aliphatic heterocycles. The molecule has 0 spiro atoms. The molecule has 0 radical (unpaired) electrons. The van der Waals surface area contributed by atoms with E-state index >= 15 is 0 Å². The van der Waals surface area contributed by atoms with Gasteiger partial charge in [-0.2, -0.15) is 0 Å². The first kappa shape index (κ1) is 13.8. The Kier molecular flexibility index (Phi) is 4.82. The summed E-state index contributed by atoms with van der Waals surface area (Å²) in [6.45, 7) is 6.30. The van der Waals surface area contributed by atoms with Crippen LogP contribution in [0.2, 0.25) is 5.02 Å². The van der Waals surface area contributed by atoms with E-state index in [1.165, 1.54) is 0 Å². The summed E-state index contributed by atoms with van der Waals surface area (Å²) in [5.41, 5.74) is 2.37. The lowest BCUT2D eigenvalue weighted by Gasteiger charge is -2.15. The van der Waals surface area contributed by atoms with Crippen molar-refractivity contribution < 1.29 is 14.6 Å². The van der Waals surface area contributed by atoms with Crippen molar-refractivity contribution >= 4 is 17.6 Å². The summed E-state index contributed by atoms with van der Waals surface area (Å²) in [6, 6.07) is 1.81. The summed E-state index contributed by atoms with van der Waals surface area (Å²) in [7, 11) is 0. The van der Waals surface area contributed by atoms with E-state index in [4.69, 9.17) is 21.4 Å². The number of hydrogen-bond acceptors (Lipinski definition) is 2. The highest BCUT2D eigenvalue weighted by atomic mass is 35.5. The minimum Gasteiger partial charge on any atom is -0.493 e. The molecule has 0 saturated heterocycles. The normalized spacial score (nSPS) is 10.4. The van der Waals surface area contributed by atoms with E-state index in [-0.39, 0.29) is 6.42 Å². The lowest BCUT2D eigenvalue weighted by molar-refractivity contribution is -0.136. The van der Waals surface area contributed by atoms with Gasteiger partial charge in [-0.3, -0.25) is 4.79 Å². The monoisotopic (exact) mass is 256 g/mol. The van der Waals surface area contributed by atoms with E-state index in [9.17, 15) is 4.79 Å². The molecule has 1 N–H and O–H groups in total. The van der Waals surface area contributed by atoms with E-state index < -0.39 is 5.97 Å². The Balaban J connectivity index is 3.20. The number of rotatable bonds is 5. The third-order valence-electron chi connectivity index (χ3n) is 2.56. The predicted molar refractivity (Wildman–Crippen MR) is 68.1 cm³/mol. The van der Waals surface area contributed by atoms with Crippen molar-refractivity contribution in [3.63, 3.8) is 0 Å². The molecule has 0 fully saturated rings. The Morgan fingerprint density at radius 2 is 2.12 bits per heavy atom. The molecule has 3 nitrogen and oxygen atoms in total. The predicted octanol–water partition coefficient (Wildman–Crippen LogP) is 3.37. The number of aryl methyl sites for hydroxylation is 1. The summed E-state index contributed by atoms with van der Waals surface area (Å²) in [4.78, 5) is 10.8. The van der Waals surface area contributed by atoms with Gasteiger partial charge in [-0.1, -0.05) is 18.5 Å². The van der Waals surface area contributed by atoms with E-state index in [2.05, 4.69) is 0 Å². The number of benzene rings is 1. The van der Waals surface area contributed by atoms with Crippen LogP contribution in [0.3, 0.4) is 0 Å². The van der Waals surface area contributed by atoms with E-state index in [0.717, 1.165) is 17.5 Å². The second-order valence-electron chi connectivity index (χ2n) is 4.03.